The fourth-order valence-corrected chi connectivity index (χ4v) is 2.69. The van der Waals surface area contributed by atoms with E-state index >= 15 is 0 Å². The fourth-order valence-electron chi connectivity index (χ4n) is 2.69. The summed E-state index contributed by atoms with van der Waals surface area (Å²) in [6.07, 6.45) is 1.64. The zero-order valence-electron chi connectivity index (χ0n) is 12.5. The van der Waals surface area contributed by atoms with Crippen molar-refractivity contribution in [1.82, 2.24) is 4.98 Å². The third kappa shape index (κ3) is 2.37. The van der Waals surface area contributed by atoms with Crippen LogP contribution < -0.4 is 5.73 Å². The summed E-state index contributed by atoms with van der Waals surface area (Å²) < 4.78 is 14.2. The number of aromatic hydroxyl groups is 1. The molecular formula is C18H17FN2O. The molecular weight excluding hydrogens is 279 g/mol. The first-order valence-corrected chi connectivity index (χ1v) is 7.14. The number of rotatable bonds is 2. The Hall–Kier alpha value is -2.62. The van der Waals surface area contributed by atoms with Crippen LogP contribution >= 0.6 is 0 Å². The minimum atomic E-state index is -0.398. The van der Waals surface area contributed by atoms with Gasteiger partial charge < -0.3 is 10.8 Å². The summed E-state index contributed by atoms with van der Waals surface area (Å²) in [6.45, 7) is 3.70. The van der Waals surface area contributed by atoms with E-state index in [0.717, 1.165) is 16.5 Å². The molecule has 0 aliphatic heterocycles. The van der Waals surface area contributed by atoms with Crippen LogP contribution in [0.5, 0.6) is 5.75 Å². The van der Waals surface area contributed by atoms with Gasteiger partial charge in [-0.2, -0.15) is 0 Å². The van der Waals surface area contributed by atoms with Gasteiger partial charge in [-0.3, -0.25) is 4.98 Å². The average molecular weight is 296 g/mol. The fraction of sp³-hybridized carbons (Fsp3) is 0.167. The van der Waals surface area contributed by atoms with Gasteiger partial charge in [-0.15, -0.1) is 0 Å². The molecule has 0 bridgehead atoms. The second-order valence-corrected chi connectivity index (χ2v) is 5.68. The van der Waals surface area contributed by atoms with Crippen LogP contribution in [-0.2, 0) is 0 Å². The van der Waals surface area contributed by atoms with Crippen molar-refractivity contribution in [2.24, 2.45) is 0 Å². The highest BCUT2D eigenvalue weighted by Gasteiger charge is 2.14. The predicted molar refractivity (Wildman–Crippen MR) is 87.3 cm³/mol. The lowest BCUT2D eigenvalue weighted by atomic mass is 9.96. The van der Waals surface area contributed by atoms with E-state index in [1.165, 1.54) is 6.07 Å². The first-order chi connectivity index (χ1) is 10.5. The van der Waals surface area contributed by atoms with Gasteiger partial charge in [0.15, 0.2) is 0 Å². The van der Waals surface area contributed by atoms with Crippen LogP contribution in [0.2, 0.25) is 0 Å². The SMILES string of the molecule is CC(C)c1c(O)cc(-c2ccc3c(N)ccnc3c2)cc1F. The molecule has 3 N–H and O–H groups in total. The Kier molecular flexibility index (Phi) is 3.45. The van der Waals surface area contributed by atoms with Gasteiger partial charge in [0.05, 0.1) is 5.52 Å². The maximum absolute atomic E-state index is 14.2. The zero-order chi connectivity index (χ0) is 15.9. The van der Waals surface area contributed by atoms with E-state index in [4.69, 9.17) is 5.73 Å². The Morgan fingerprint density at radius 2 is 1.86 bits per heavy atom. The summed E-state index contributed by atoms with van der Waals surface area (Å²) in [5, 5.41) is 10.9. The van der Waals surface area contributed by atoms with Gasteiger partial charge in [0.1, 0.15) is 11.6 Å². The van der Waals surface area contributed by atoms with Crippen LogP contribution in [-0.4, -0.2) is 10.1 Å². The molecule has 1 aromatic heterocycles. The standard InChI is InChI=1S/C18H17FN2O/c1-10(2)18-14(19)7-12(9-17(18)22)11-3-4-13-15(20)5-6-21-16(13)8-11/h3-10,22H,1-2H3,(H2,20,21). The van der Waals surface area contributed by atoms with Gasteiger partial charge >= 0.3 is 0 Å². The maximum atomic E-state index is 14.2. The molecule has 2 aromatic carbocycles. The van der Waals surface area contributed by atoms with Gasteiger partial charge in [-0.25, -0.2) is 4.39 Å². The lowest BCUT2D eigenvalue weighted by Crippen LogP contribution is -1.95. The van der Waals surface area contributed by atoms with Crippen LogP contribution in [0.3, 0.4) is 0 Å². The van der Waals surface area contributed by atoms with Crippen molar-refractivity contribution in [3.05, 3.63) is 54.0 Å². The third-order valence-corrected chi connectivity index (χ3v) is 3.79. The number of nitrogens with zero attached hydrogens (tertiary/aromatic N) is 1. The molecule has 0 radical (unpaired) electrons. The Bertz CT molecular complexity index is 836. The number of phenolic OH excluding ortho intramolecular Hbond substituents is 1. The molecule has 0 unspecified atom stereocenters. The van der Waals surface area contributed by atoms with E-state index in [0.29, 0.717) is 16.8 Å². The molecule has 0 amide bonds. The normalized spacial score (nSPS) is 11.3. The monoisotopic (exact) mass is 296 g/mol. The van der Waals surface area contributed by atoms with E-state index in [-0.39, 0.29) is 11.7 Å². The minimum absolute atomic E-state index is 0.0226. The van der Waals surface area contributed by atoms with E-state index in [9.17, 15) is 9.50 Å². The quantitative estimate of drug-likeness (QED) is 0.734. The first-order valence-electron chi connectivity index (χ1n) is 7.14. The molecule has 0 aliphatic rings. The lowest BCUT2D eigenvalue weighted by Gasteiger charge is -2.12. The van der Waals surface area contributed by atoms with Crippen molar-refractivity contribution >= 4 is 16.6 Å². The third-order valence-electron chi connectivity index (χ3n) is 3.79. The molecule has 3 nitrogen and oxygen atoms in total. The molecule has 3 rings (SSSR count). The highest BCUT2D eigenvalue weighted by Crippen LogP contribution is 2.34. The number of phenols is 1. The number of hydrogen-bond acceptors (Lipinski definition) is 3. The number of fused-ring (bicyclic) bond motifs is 1. The van der Waals surface area contributed by atoms with Crippen LogP contribution in [0.1, 0.15) is 25.3 Å². The molecule has 0 atom stereocenters. The number of nitrogens with two attached hydrogens (primary N) is 1. The molecule has 0 spiro atoms. The second kappa shape index (κ2) is 5.30. The first kappa shape index (κ1) is 14.3. The van der Waals surface area contributed by atoms with Crippen molar-refractivity contribution in [2.45, 2.75) is 19.8 Å². The smallest absolute Gasteiger partial charge is 0.130 e. The Morgan fingerprint density at radius 1 is 1.09 bits per heavy atom. The predicted octanol–water partition coefficient (Wildman–Crippen LogP) is 4.45. The number of aromatic nitrogens is 1. The van der Waals surface area contributed by atoms with E-state index < -0.39 is 5.82 Å². The number of nitrogen functional groups attached to an aromatic ring is 1. The van der Waals surface area contributed by atoms with Crippen molar-refractivity contribution in [1.29, 1.82) is 0 Å². The summed E-state index contributed by atoms with van der Waals surface area (Å²) in [5.74, 6) is -0.497. The summed E-state index contributed by atoms with van der Waals surface area (Å²) in [4.78, 5) is 4.28. The highest BCUT2D eigenvalue weighted by atomic mass is 19.1. The van der Waals surface area contributed by atoms with Crippen LogP contribution in [0.15, 0.2) is 42.6 Å². The van der Waals surface area contributed by atoms with Crippen molar-refractivity contribution < 1.29 is 9.50 Å². The molecule has 0 saturated carbocycles. The molecule has 3 aromatic rings. The molecule has 4 heteroatoms. The summed E-state index contributed by atoms with van der Waals surface area (Å²) in [5.41, 5.74) is 9.04. The van der Waals surface area contributed by atoms with Crippen molar-refractivity contribution in [2.75, 3.05) is 5.73 Å². The Morgan fingerprint density at radius 3 is 2.55 bits per heavy atom. The van der Waals surface area contributed by atoms with Gasteiger partial charge in [0.2, 0.25) is 0 Å². The summed E-state index contributed by atoms with van der Waals surface area (Å²) in [6, 6.07) is 10.3. The highest BCUT2D eigenvalue weighted by molar-refractivity contribution is 5.92. The number of benzene rings is 2. The van der Waals surface area contributed by atoms with Gasteiger partial charge in [-0.1, -0.05) is 26.0 Å². The minimum Gasteiger partial charge on any atom is -0.508 e. The van der Waals surface area contributed by atoms with Crippen LogP contribution in [0.25, 0.3) is 22.0 Å². The van der Waals surface area contributed by atoms with Gasteiger partial charge in [0.25, 0.3) is 0 Å². The van der Waals surface area contributed by atoms with E-state index in [2.05, 4.69) is 4.98 Å². The molecule has 0 saturated heterocycles. The van der Waals surface area contributed by atoms with Crippen LogP contribution in [0.4, 0.5) is 10.1 Å². The Balaban J connectivity index is 2.15. The molecule has 1 heterocycles. The Labute approximate surface area is 128 Å². The summed E-state index contributed by atoms with van der Waals surface area (Å²) in [7, 11) is 0. The lowest BCUT2D eigenvalue weighted by molar-refractivity contribution is 0.454. The molecule has 22 heavy (non-hydrogen) atoms. The largest absolute Gasteiger partial charge is 0.508 e. The number of pyridine rings is 1. The van der Waals surface area contributed by atoms with Gasteiger partial charge in [-0.05, 0) is 41.3 Å². The van der Waals surface area contributed by atoms with Crippen molar-refractivity contribution in [3.63, 3.8) is 0 Å². The van der Waals surface area contributed by atoms with E-state index in [1.54, 1.807) is 18.3 Å². The molecule has 112 valence electrons. The summed E-state index contributed by atoms with van der Waals surface area (Å²) >= 11 is 0. The van der Waals surface area contributed by atoms with Crippen molar-refractivity contribution in [3.8, 4) is 16.9 Å². The average Bonchev–Trinajstić information content (AvgIpc) is 2.46. The second-order valence-electron chi connectivity index (χ2n) is 5.68. The van der Waals surface area contributed by atoms with Gasteiger partial charge in [0, 0.05) is 22.8 Å². The molecule has 0 aliphatic carbocycles. The van der Waals surface area contributed by atoms with Crippen LogP contribution in [0, 0.1) is 5.82 Å². The maximum Gasteiger partial charge on any atom is 0.130 e. The zero-order valence-corrected chi connectivity index (χ0v) is 12.5. The van der Waals surface area contributed by atoms with E-state index in [1.807, 2.05) is 32.0 Å². The molecule has 0 fully saturated rings. The number of hydrogen-bond donors (Lipinski definition) is 2. The number of halogens is 1. The topological polar surface area (TPSA) is 59.1 Å². The number of anilines is 1.